The SMILES string of the molecule is C[C@@H]1CC2CCCC2[C@]2(O1)C(=O)Nc1ccccc12. The Morgan fingerprint density at radius 2 is 2.16 bits per heavy atom. The molecule has 4 rings (SSSR count). The quantitative estimate of drug-likeness (QED) is 0.775. The Kier molecular flexibility index (Phi) is 2.31. The number of hydrogen-bond donors (Lipinski definition) is 1. The molecular weight excluding hydrogens is 238 g/mol. The Morgan fingerprint density at radius 1 is 1.32 bits per heavy atom. The normalized spacial score (nSPS) is 40.1. The average Bonchev–Trinajstić information content (AvgIpc) is 2.95. The van der Waals surface area contributed by atoms with Crippen molar-refractivity contribution < 1.29 is 9.53 Å². The number of fused-ring (bicyclic) bond motifs is 4. The standard InChI is InChI=1S/C16H19NO2/c1-10-9-11-5-4-7-12(11)16(19-10)13-6-2-3-8-14(13)17-15(16)18/h2-3,6,8,10-12H,4-5,7,9H2,1H3,(H,17,18)/t10-,11?,12?,16-/m1/s1. The van der Waals surface area contributed by atoms with E-state index in [0.29, 0.717) is 11.8 Å². The van der Waals surface area contributed by atoms with Crippen molar-refractivity contribution in [1.29, 1.82) is 0 Å². The third-order valence-electron chi connectivity index (χ3n) is 5.12. The number of nitrogens with one attached hydrogen (secondary N) is 1. The summed E-state index contributed by atoms with van der Waals surface area (Å²) >= 11 is 0. The molecule has 19 heavy (non-hydrogen) atoms. The van der Waals surface area contributed by atoms with Gasteiger partial charge in [-0.2, -0.15) is 0 Å². The third-order valence-corrected chi connectivity index (χ3v) is 5.12. The number of carbonyl (C=O) groups is 1. The smallest absolute Gasteiger partial charge is 0.261 e. The van der Waals surface area contributed by atoms with Gasteiger partial charge in [0, 0.05) is 17.2 Å². The highest BCUT2D eigenvalue weighted by atomic mass is 16.5. The molecule has 100 valence electrons. The number of benzene rings is 1. The molecule has 1 saturated carbocycles. The van der Waals surface area contributed by atoms with Gasteiger partial charge in [0.2, 0.25) is 0 Å². The fraction of sp³-hybridized carbons (Fsp3) is 0.562. The van der Waals surface area contributed by atoms with Gasteiger partial charge < -0.3 is 10.1 Å². The minimum atomic E-state index is -0.713. The van der Waals surface area contributed by atoms with Crippen molar-refractivity contribution in [3.63, 3.8) is 0 Å². The van der Waals surface area contributed by atoms with E-state index in [2.05, 4.69) is 18.3 Å². The number of hydrogen-bond acceptors (Lipinski definition) is 2. The number of ether oxygens (including phenoxy) is 1. The van der Waals surface area contributed by atoms with Gasteiger partial charge >= 0.3 is 0 Å². The maximum atomic E-state index is 12.7. The minimum Gasteiger partial charge on any atom is -0.357 e. The van der Waals surface area contributed by atoms with Gasteiger partial charge in [0.1, 0.15) is 0 Å². The van der Waals surface area contributed by atoms with Crippen LogP contribution in [0.1, 0.15) is 38.2 Å². The Hall–Kier alpha value is -1.35. The maximum absolute atomic E-state index is 12.7. The Labute approximate surface area is 113 Å². The summed E-state index contributed by atoms with van der Waals surface area (Å²) in [7, 11) is 0. The van der Waals surface area contributed by atoms with Gasteiger partial charge in [0.05, 0.1) is 6.10 Å². The molecule has 1 aromatic carbocycles. The highest BCUT2D eigenvalue weighted by Crippen LogP contribution is 2.56. The lowest BCUT2D eigenvalue weighted by atomic mass is 9.72. The molecule has 0 bridgehead atoms. The van der Waals surface area contributed by atoms with Crippen molar-refractivity contribution in [2.24, 2.45) is 11.8 Å². The lowest BCUT2D eigenvalue weighted by Gasteiger charge is -2.44. The van der Waals surface area contributed by atoms with Gasteiger partial charge in [-0.05, 0) is 38.2 Å². The Morgan fingerprint density at radius 3 is 3.05 bits per heavy atom. The van der Waals surface area contributed by atoms with Gasteiger partial charge in [-0.25, -0.2) is 0 Å². The number of amides is 1. The molecule has 2 unspecified atom stereocenters. The Bertz CT molecular complexity index is 541. The van der Waals surface area contributed by atoms with E-state index in [1.54, 1.807) is 0 Å². The largest absolute Gasteiger partial charge is 0.357 e. The second-order valence-corrected chi connectivity index (χ2v) is 6.20. The zero-order chi connectivity index (χ0) is 13.0. The van der Waals surface area contributed by atoms with E-state index in [4.69, 9.17) is 4.74 Å². The van der Waals surface area contributed by atoms with Crippen LogP contribution >= 0.6 is 0 Å². The van der Waals surface area contributed by atoms with E-state index < -0.39 is 5.60 Å². The number of carbonyl (C=O) groups excluding carboxylic acids is 1. The van der Waals surface area contributed by atoms with E-state index in [0.717, 1.165) is 24.1 Å². The molecule has 1 aromatic rings. The number of para-hydroxylation sites is 1. The number of rotatable bonds is 0. The van der Waals surface area contributed by atoms with E-state index in [9.17, 15) is 4.79 Å². The summed E-state index contributed by atoms with van der Waals surface area (Å²) in [6.07, 6.45) is 4.84. The molecule has 1 spiro atoms. The first-order chi connectivity index (χ1) is 9.22. The molecule has 3 heteroatoms. The maximum Gasteiger partial charge on any atom is 0.261 e. The Balaban J connectivity index is 1.89. The molecule has 2 fully saturated rings. The van der Waals surface area contributed by atoms with Crippen LogP contribution in [0.5, 0.6) is 0 Å². The number of anilines is 1. The molecule has 1 aliphatic carbocycles. The first-order valence-corrected chi connectivity index (χ1v) is 7.30. The minimum absolute atomic E-state index is 0.0529. The predicted octanol–water partition coefficient (Wildman–Crippen LogP) is 3.06. The fourth-order valence-corrected chi connectivity index (χ4v) is 4.47. The third kappa shape index (κ3) is 1.39. The molecule has 3 nitrogen and oxygen atoms in total. The van der Waals surface area contributed by atoms with Gasteiger partial charge in [0.25, 0.3) is 5.91 Å². The van der Waals surface area contributed by atoms with Crippen LogP contribution in [0.4, 0.5) is 5.69 Å². The second-order valence-electron chi connectivity index (χ2n) is 6.20. The highest BCUT2D eigenvalue weighted by Gasteiger charge is 2.59. The van der Waals surface area contributed by atoms with E-state index in [1.807, 2.05) is 18.2 Å². The van der Waals surface area contributed by atoms with Gasteiger partial charge in [-0.3, -0.25) is 4.79 Å². The molecule has 3 aliphatic rings. The summed E-state index contributed by atoms with van der Waals surface area (Å²) < 4.78 is 6.28. The lowest BCUT2D eigenvalue weighted by molar-refractivity contribution is -0.184. The predicted molar refractivity (Wildman–Crippen MR) is 72.7 cm³/mol. The topological polar surface area (TPSA) is 38.3 Å². The van der Waals surface area contributed by atoms with Crippen LogP contribution in [-0.2, 0) is 15.1 Å². The summed E-state index contributed by atoms with van der Waals surface area (Å²) in [6, 6.07) is 8.01. The summed E-state index contributed by atoms with van der Waals surface area (Å²) in [5, 5.41) is 3.03. The van der Waals surface area contributed by atoms with Crippen molar-refractivity contribution >= 4 is 11.6 Å². The van der Waals surface area contributed by atoms with Crippen molar-refractivity contribution in [3.05, 3.63) is 29.8 Å². The zero-order valence-corrected chi connectivity index (χ0v) is 11.2. The first kappa shape index (κ1) is 11.5. The van der Waals surface area contributed by atoms with Crippen molar-refractivity contribution in [2.75, 3.05) is 5.32 Å². The zero-order valence-electron chi connectivity index (χ0n) is 11.2. The molecule has 2 heterocycles. The lowest BCUT2D eigenvalue weighted by Crippen LogP contribution is -2.51. The summed E-state index contributed by atoms with van der Waals surface area (Å²) in [4.78, 5) is 12.7. The van der Waals surface area contributed by atoms with Crippen molar-refractivity contribution in [3.8, 4) is 0 Å². The second kappa shape index (κ2) is 3.83. The molecule has 4 atom stereocenters. The van der Waals surface area contributed by atoms with Crippen LogP contribution in [0.2, 0.25) is 0 Å². The van der Waals surface area contributed by atoms with E-state index in [-0.39, 0.29) is 12.0 Å². The summed E-state index contributed by atoms with van der Waals surface area (Å²) in [5.74, 6) is 1.05. The monoisotopic (exact) mass is 257 g/mol. The van der Waals surface area contributed by atoms with Crippen molar-refractivity contribution in [2.45, 2.75) is 44.3 Å². The first-order valence-electron chi connectivity index (χ1n) is 7.30. The van der Waals surface area contributed by atoms with E-state index >= 15 is 0 Å². The summed E-state index contributed by atoms with van der Waals surface area (Å²) in [5.41, 5.74) is 1.28. The van der Waals surface area contributed by atoms with Crippen LogP contribution in [0.15, 0.2) is 24.3 Å². The van der Waals surface area contributed by atoms with Crippen LogP contribution in [-0.4, -0.2) is 12.0 Å². The molecule has 0 radical (unpaired) electrons. The molecule has 1 amide bonds. The fourth-order valence-electron chi connectivity index (χ4n) is 4.47. The van der Waals surface area contributed by atoms with Crippen LogP contribution in [0, 0.1) is 11.8 Å². The average molecular weight is 257 g/mol. The van der Waals surface area contributed by atoms with Crippen LogP contribution in [0.3, 0.4) is 0 Å². The van der Waals surface area contributed by atoms with Gasteiger partial charge in [0.15, 0.2) is 5.60 Å². The van der Waals surface area contributed by atoms with Gasteiger partial charge in [-0.15, -0.1) is 0 Å². The molecule has 1 saturated heterocycles. The van der Waals surface area contributed by atoms with Crippen molar-refractivity contribution in [1.82, 2.24) is 0 Å². The summed E-state index contributed by atoms with van der Waals surface area (Å²) in [6.45, 7) is 2.10. The molecule has 1 N–H and O–H groups in total. The van der Waals surface area contributed by atoms with Crippen LogP contribution in [0.25, 0.3) is 0 Å². The molecule has 0 aromatic heterocycles. The molecular formula is C16H19NO2. The van der Waals surface area contributed by atoms with Crippen LogP contribution < -0.4 is 5.32 Å². The molecule has 2 aliphatic heterocycles. The van der Waals surface area contributed by atoms with E-state index in [1.165, 1.54) is 12.8 Å². The van der Waals surface area contributed by atoms with Gasteiger partial charge in [-0.1, -0.05) is 24.6 Å². The highest BCUT2D eigenvalue weighted by molar-refractivity contribution is 6.05.